The lowest BCUT2D eigenvalue weighted by atomic mass is 10.0. The number of phenolic OH excluding ortho intramolecular Hbond substituents is 1. The molecule has 0 aliphatic heterocycles. The van der Waals surface area contributed by atoms with E-state index in [2.05, 4.69) is 10.1 Å². The van der Waals surface area contributed by atoms with Crippen LogP contribution in [-0.2, 0) is 0 Å². The van der Waals surface area contributed by atoms with Gasteiger partial charge < -0.3 is 9.63 Å². The number of carbonyl (C=O) groups is 1. The first-order valence-electron chi connectivity index (χ1n) is 5.81. The van der Waals surface area contributed by atoms with E-state index in [9.17, 15) is 9.90 Å². The molecule has 1 aromatic carbocycles. The van der Waals surface area contributed by atoms with Gasteiger partial charge in [0.2, 0.25) is 0 Å². The van der Waals surface area contributed by atoms with E-state index in [1.54, 1.807) is 13.0 Å². The minimum Gasteiger partial charge on any atom is -0.507 e. The number of aromatic hydroxyl groups is 1. The molecule has 2 heterocycles. The van der Waals surface area contributed by atoms with Crippen molar-refractivity contribution in [3.63, 3.8) is 0 Å². The Kier molecular flexibility index (Phi) is 2.91. The lowest BCUT2D eigenvalue weighted by molar-refractivity contribution is 0.103. The van der Waals surface area contributed by atoms with E-state index in [1.807, 2.05) is 0 Å². The quantitative estimate of drug-likeness (QED) is 0.733. The van der Waals surface area contributed by atoms with Gasteiger partial charge in [0.15, 0.2) is 5.78 Å². The van der Waals surface area contributed by atoms with Crippen molar-refractivity contribution < 1.29 is 14.4 Å². The number of aryl methyl sites for hydroxylation is 1. The van der Waals surface area contributed by atoms with Crippen LogP contribution in [0.15, 0.2) is 35.0 Å². The number of nitrogens with zero attached hydrogens (tertiary/aromatic N) is 2. The van der Waals surface area contributed by atoms with Crippen LogP contribution in [0.1, 0.15) is 21.6 Å². The molecule has 0 aliphatic carbocycles. The minimum atomic E-state index is -0.361. The Morgan fingerprint density at radius 1 is 1.35 bits per heavy atom. The molecular weight excluding hydrogens is 280 g/mol. The second kappa shape index (κ2) is 4.61. The fourth-order valence-electron chi connectivity index (χ4n) is 1.91. The predicted molar refractivity (Wildman–Crippen MR) is 73.1 cm³/mol. The first-order valence-corrected chi connectivity index (χ1v) is 6.19. The summed E-state index contributed by atoms with van der Waals surface area (Å²) in [6, 6.07) is 5.95. The molecule has 1 N–H and O–H groups in total. The van der Waals surface area contributed by atoms with E-state index in [0.717, 1.165) is 0 Å². The number of hydrogen-bond donors (Lipinski definition) is 1. The summed E-state index contributed by atoms with van der Waals surface area (Å²) in [6.07, 6.45) is 1.38. The zero-order valence-electron chi connectivity index (χ0n) is 10.4. The van der Waals surface area contributed by atoms with Crippen molar-refractivity contribution in [1.29, 1.82) is 0 Å². The van der Waals surface area contributed by atoms with Gasteiger partial charge in [0.25, 0.3) is 5.71 Å². The lowest BCUT2D eigenvalue weighted by Crippen LogP contribution is -2.02. The molecule has 0 saturated carbocycles. The molecule has 0 radical (unpaired) electrons. The first kappa shape index (κ1) is 12.6. The van der Waals surface area contributed by atoms with Crippen molar-refractivity contribution in [3.05, 3.63) is 52.3 Å². The van der Waals surface area contributed by atoms with Gasteiger partial charge in [-0.25, -0.2) is 4.98 Å². The van der Waals surface area contributed by atoms with E-state index in [4.69, 9.17) is 16.1 Å². The number of carbonyl (C=O) groups excluding carboxylic acids is 1. The van der Waals surface area contributed by atoms with Crippen molar-refractivity contribution in [2.75, 3.05) is 0 Å². The molecule has 0 fully saturated rings. The number of rotatable bonds is 2. The topological polar surface area (TPSA) is 76.2 Å². The van der Waals surface area contributed by atoms with Gasteiger partial charge in [0.1, 0.15) is 5.75 Å². The summed E-state index contributed by atoms with van der Waals surface area (Å²) < 4.78 is 4.99. The number of hydrogen-bond acceptors (Lipinski definition) is 5. The van der Waals surface area contributed by atoms with Crippen LogP contribution in [0.25, 0.3) is 11.1 Å². The number of ketones is 1. The van der Waals surface area contributed by atoms with Crippen LogP contribution in [0.4, 0.5) is 0 Å². The monoisotopic (exact) mass is 288 g/mol. The molecule has 0 bridgehead atoms. The number of fused-ring (bicyclic) bond motifs is 1. The first-order chi connectivity index (χ1) is 9.56. The minimum absolute atomic E-state index is 0.124. The van der Waals surface area contributed by atoms with Crippen molar-refractivity contribution in [2.45, 2.75) is 6.92 Å². The normalized spacial score (nSPS) is 10.9. The van der Waals surface area contributed by atoms with Crippen molar-refractivity contribution in [1.82, 2.24) is 10.1 Å². The highest BCUT2D eigenvalue weighted by Crippen LogP contribution is 2.25. The van der Waals surface area contributed by atoms with Gasteiger partial charge >= 0.3 is 0 Å². The molecule has 5 nitrogen and oxygen atoms in total. The molecule has 0 atom stereocenters. The maximum atomic E-state index is 12.4. The Hall–Kier alpha value is -2.40. The number of phenols is 1. The zero-order valence-corrected chi connectivity index (χ0v) is 11.2. The second-order valence-corrected chi connectivity index (χ2v) is 4.77. The number of halogens is 1. The molecule has 0 spiro atoms. The smallest absolute Gasteiger partial charge is 0.257 e. The maximum Gasteiger partial charge on any atom is 0.257 e. The van der Waals surface area contributed by atoms with E-state index in [-0.39, 0.29) is 17.1 Å². The average Bonchev–Trinajstić information content (AvgIpc) is 2.82. The molecule has 3 rings (SSSR count). The van der Waals surface area contributed by atoms with Gasteiger partial charge in [-0.05, 0) is 31.2 Å². The van der Waals surface area contributed by atoms with Gasteiger partial charge in [0, 0.05) is 16.8 Å². The molecule has 6 heteroatoms. The average molecular weight is 289 g/mol. The summed E-state index contributed by atoms with van der Waals surface area (Å²) in [5.41, 5.74) is 1.49. The van der Waals surface area contributed by atoms with E-state index in [0.29, 0.717) is 27.4 Å². The summed E-state index contributed by atoms with van der Waals surface area (Å²) in [5, 5.41) is 14.6. The highest BCUT2D eigenvalue weighted by Gasteiger charge is 2.16. The van der Waals surface area contributed by atoms with Crippen LogP contribution in [-0.4, -0.2) is 21.0 Å². The van der Waals surface area contributed by atoms with Gasteiger partial charge in [-0.2, -0.15) is 0 Å². The Morgan fingerprint density at radius 2 is 2.15 bits per heavy atom. The second-order valence-electron chi connectivity index (χ2n) is 4.34. The van der Waals surface area contributed by atoms with Crippen molar-refractivity contribution in [3.8, 4) is 5.75 Å². The summed E-state index contributed by atoms with van der Waals surface area (Å²) in [5.74, 6) is -0.485. The maximum absolute atomic E-state index is 12.4. The Bertz CT molecular complexity index is 826. The lowest BCUT2D eigenvalue weighted by Gasteiger charge is -2.04. The molecule has 0 saturated heterocycles. The molecule has 2 aromatic heterocycles. The molecule has 3 aromatic rings. The third kappa shape index (κ3) is 2.02. The van der Waals surface area contributed by atoms with Crippen LogP contribution in [0.3, 0.4) is 0 Å². The van der Waals surface area contributed by atoms with Gasteiger partial charge in [-0.1, -0.05) is 16.8 Å². The summed E-state index contributed by atoms with van der Waals surface area (Å²) in [6.45, 7) is 1.76. The van der Waals surface area contributed by atoms with Crippen LogP contribution >= 0.6 is 11.6 Å². The number of aromatic nitrogens is 2. The van der Waals surface area contributed by atoms with E-state index in [1.165, 1.54) is 24.4 Å². The predicted octanol–water partition coefficient (Wildman–Crippen LogP) is 3.12. The van der Waals surface area contributed by atoms with Crippen LogP contribution in [0, 0.1) is 6.92 Å². The number of benzene rings is 1. The number of pyridine rings is 1. The van der Waals surface area contributed by atoms with Gasteiger partial charge in [0.05, 0.1) is 16.6 Å². The summed E-state index contributed by atoms with van der Waals surface area (Å²) in [4.78, 5) is 16.4. The Balaban J connectivity index is 2.12. The molecule has 100 valence electrons. The standard InChI is InChI=1S/C14H9ClN2O3/c1-7-10-4-8(6-16-14(10)20-17-7)13(19)11-5-9(15)2-3-12(11)18/h2-6,18H,1H3. The molecule has 0 aliphatic rings. The Morgan fingerprint density at radius 3 is 2.95 bits per heavy atom. The summed E-state index contributed by atoms with van der Waals surface area (Å²) >= 11 is 5.85. The third-order valence-electron chi connectivity index (χ3n) is 2.98. The highest BCUT2D eigenvalue weighted by atomic mass is 35.5. The highest BCUT2D eigenvalue weighted by molar-refractivity contribution is 6.31. The third-order valence-corrected chi connectivity index (χ3v) is 3.21. The Labute approximate surface area is 118 Å². The van der Waals surface area contributed by atoms with Crippen molar-refractivity contribution >= 4 is 28.5 Å². The largest absolute Gasteiger partial charge is 0.507 e. The molecule has 20 heavy (non-hydrogen) atoms. The van der Waals surface area contributed by atoms with E-state index < -0.39 is 0 Å². The van der Waals surface area contributed by atoms with E-state index >= 15 is 0 Å². The van der Waals surface area contributed by atoms with Crippen molar-refractivity contribution in [2.24, 2.45) is 0 Å². The van der Waals surface area contributed by atoms with Gasteiger partial charge in [-0.3, -0.25) is 4.79 Å². The van der Waals surface area contributed by atoms with Gasteiger partial charge in [-0.15, -0.1) is 0 Å². The fourth-order valence-corrected chi connectivity index (χ4v) is 2.09. The molecular formula is C14H9ClN2O3. The molecule has 0 unspecified atom stereocenters. The molecule has 0 amide bonds. The van der Waals surface area contributed by atoms with Crippen LogP contribution in [0.5, 0.6) is 5.75 Å². The van der Waals surface area contributed by atoms with Crippen LogP contribution in [0.2, 0.25) is 5.02 Å². The SMILES string of the molecule is Cc1noc2ncc(C(=O)c3cc(Cl)ccc3O)cc12. The summed E-state index contributed by atoms with van der Waals surface area (Å²) in [7, 11) is 0. The fraction of sp³-hybridized carbons (Fsp3) is 0.0714. The van der Waals surface area contributed by atoms with Crippen LogP contribution < -0.4 is 0 Å². The zero-order chi connectivity index (χ0) is 14.3.